The van der Waals surface area contributed by atoms with E-state index in [0.717, 1.165) is 17.6 Å². The lowest BCUT2D eigenvalue weighted by Crippen LogP contribution is -2.13. The van der Waals surface area contributed by atoms with Crippen LogP contribution in [-0.4, -0.2) is 38.5 Å². The van der Waals surface area contributed by atoms with Gasteiger partial charge in [0.1, 0.15) is 5.75 Å². The molecule has 0 spiro atoms. The van der Waals surface area contributed by atoms with Gasteiger partial charge in [0, 0.05) is 24.1 Å². The number of benzene rings is 2. The first-order valence-corrected chi connectivity index (χ1v) is 11.5. The van der Waals surface area contributed by atoms with E-state index in [0.29, 0.717) is 31.7 Å². The molecule has 0 radical (unpaired) electrons. The summed E-state index contributed by atoms with van der Waals surface area (Å²) in [5, 5.41) is 3.39. The van der Waals surface area contributed by atoms with Crippen LogP contribution in [0.4, 0.5) is 5.13 Å². The Morgan fingerprint density at radius 3 is 2.62 bits per heavy atom. The fraction of sp³-hybridized carbons (Fsp3) is 0.211. The second kappa shape index (κ2) is 8.48. The predicted octanol–water partition coefficient (Wildman–Crippen LogP) is 3.96. The van der Waals surface area contributed by atoms with Gasteiger partial charge in [-0.25, -0.2) is 13.4 Å². The third-order valence-electron chi connectivity index (χ3n) is 4.08. The third kappa shape index (κ3) is 5.11. The zero-order valence-electron chi connectivity index (χ0n) is 15.6. The Bertz CT molecular complexity index is 1200. The first-order valence-electron chi connectivity index (χ1n) is 8.44. The van der Waals surface area contributed by atoms with Crippen LogP contribution in [-0.2, 0) is 14.6 Å². The molecule has 29 heavy (non-hydrogen) atoms. The number of Topliss-reactive ketones (excluding diaryl/α,β-unsaturated/α-hetero) is 1. The Morgan fingerprint density at radius 2 is 1.93 bits per heavy atom. The molecule has 0 aliphatic heterocycles. The first kappa shape index (κ1) is 21.2. The van der Waals surface area contributed by atoms with Crippen molar-refractivity contribution < 1.29 is 22.7 Å². The Kier molecular flexibility index (Phi) is 6.21. The third-order valence-corrected chi connectivity index (χ3v) is 6.35. The van der Waals surface area contributed by atoms with E-state index >= 15 is 0 Å². The molecule has 0 unspecified atom stereocenters. The van der Waals surface area contributed by atoms with Gasteiger partial charge in [0.25, 0.3) is 0 Å². The van der Waals surface area contributed by atoms with Gasteiger partial charge in [-0.2, -0.15) is 0 Å². The van der Waals surface area contributed by atoms with Crippen LogP contribution in [0.3, 0.4) is 0 Å². The molecule has 1 heterocycles. The van der Waals surface area contributed by atoms with Crippen molar-refractivity contribution >= 4 is 59.8 Å². The number of carbonyl (C=O) groups excluding carboxylic acids is 2. The fourth-order valence-corrected chi connectivity index (χ4v) is 4.45. The minimum Gasteiger partial charge on any atom is -0.496 e. The summed E-state index contributed by atoms with van der Waals surface area (Å²) in [6, 6.07) is 9.31. The number of hydrogen-bond donors (Lipinski definition) is 1. The molecule has 0 atom stereocenters. The highest BCUT2D eigenvalue weighted by molar-refractivity contribution is 7.90. The van der Waals surface area contributed by atoms with Crippen molar-refractivity contribution in [2.75, 3.05) is 18.7 Å². The lowest BCUT2D eigenvalue weighted by molar-refractivity contribution is -0.116. The molecule has 10 heteroatoms. The van der Waals surface area contributed by atoms with E-state index < -0.39 is 9.84 Å². The average molecular weight is 453 g/mol. The Hall–Kier alpha value is -2.49. The largest absolute Gasteiger partial charge is 0.496 e. The number of carbonyl (C=O) groups is 2. The van der Waals surface area contributed by atoms with E-state index in [1.807, 2.05) is 0 Å². The van der Waals surface area contributed by atoms with Gasteiger partial charge in [-0.1, -0.05) is 22.9 Å². The van der Waals surface area contributed by atoms with Crippen LogP contribution in [0.15, 0.2) is 41.3 Å². The molecule has 0 fully saturated rings. The lowest BCUT2D eigenvalue weighted by atomic mass is 10.1. The van der Waals surface area contributed by atoms with Crippen LogP contribution in [0.25, 0.3) is 10.2 Å². The maximum absolute atomic E-state index is 12.4. The lowest BCUT2D eigenvalue weighted by Gasteiger charge is -2.08. The van der Waals surface area contributed by atoms with Crippen LogP contribution < -0.4 is 10.1 Å². The van der Waals surface area contributed by atoms with Gasteiger partial charge in [0.2, 0.25) is 5.91 Å². The highest BCUT2D eigenvalue weighted by atomic mass is 35.5. The number of nitrogens with zero attached hydrogens (tertiary/aromatic N) is 1. The molecule has 0 aliphatic carbocycles. The quantitative estimate of drug-likeness (QED) is 0.544. The molecule has 1 N–H and O–H groups in total. The molecule has 2 aromatic carbocycles. The summed E-state index contributed by atoms with van der Waals surface area (Å²) in [6.45, 7) is 0. The van der Waals surface area contributed by atoms with Gasteiger partial charge < -0.3 is 10.1 Å². The molecular formula is C19H17ClN2O5S2. The van der Waals surface area contributed by atoms with Crippen LogP contribution >= 0.6 is 22.9 Å². The van der Waals surface area contributed by atoms with Crippen LogP contribution in [0.1, 0.15) is 23.2 Å². The normalized spacial score (nSPS) is 11.4. The maximum atomic E-state index is 12.4. The number of thiazole rings is 1. The van der Waals surface area contributed by atoms with E-state index in [9.17, 15) is 18.0 Å². The fourth-order valence-electron chi connectivity index (χ4n) is 2.63. The summed E-state index contributed by atoms with van der Waals surface area (Å²) >= 11 is 7.10. The van der Waals surface area contributed by atoms with Crippen LogP contribution in [0, 0.1) is 0 Å². The van der Waals surface area contributed by atoms with Crippen molar-refractivity contribution in [2.24, 2.45) is 0 Å². The van der Waals surface area contributed by atoms with Gasteiger partial charge >= 0.3 is 0 Å². The van der Waals surface area contributed by atoms with Crippen molar-refractivity contribution in [3.63, 3.8) is 0 Å². The van der Waals surface area contributed by atoms with Gasteiger partial charge in [-0.15, -0.1) is 0 Å². The maximum Gasteiger partial charge on any atom is 0.226 e. The highest BCUT2D eigenvalue weighted by Gasteiger charge is 2.16. The summed E-state index contributed by atoms with van der Waals surface area (Å²) in [5.41, 5.74) is 0.901. The minimum absolute atomic E-state index is 0.0222. The number of methoxy groups -OCH3 is 1. The highest BCUT2D eigenvalue weighted by Crippen LogP contribution is 2.28. The van der Waals surface area contributed by atoms with Crippen LogP contribution in [0.2, 0.25) is 5.02 Å². The average Bonchev–Trinajstić information content (AvgIpc) is 3.06. The topological polar surface area (TPSA) is 102 Å². The standard InChI is InChI=1S/C19H17ClN2O5S2/c1-27-16-7-3-11(20)9-13(16)15(23)6-8-18(24)22-19-21-14-5-4-12(29(2,25)26)10-17(14)28-19/h3-5,7,9-10H,6,8H2,1-2H3,(H,21,22,24). The van der Waals surface area contributed by atoms with E-state index in [4.69, 9.17) is 16.3 Å². The molecule has 152 valence electrons. The van der Waals surface area contributed by atoms with E-state index in [-0.39, 0.29) is 29.4 Å². The molecule has 3 aromatic rings. The minimum atomic E-state index is -3.33. The van der Waals surface area contributed by atoms with Crippen molar-refractivity contribution in [3.05, 3.63) is 47.0 Å². The molecule has 3 rings (SSSR count). The predicted molar refractivity (Wildman–Crippen MR) is 113 cm³/mol. The molecule has 7 nitrogen and oxygen atoms in total. The number of halogens is 1. The molecule has 1 aromatic heterocycles. The smallest absolute Gasteiger partial charge is 0.226 e. The number of amides is 1. The number of ether oxygens (including phenoxy) is 1. The zero-order valence-corrected chi connectivity index (χ0v) is 18.0. The number of anilines is 1. The van der Waals surface area contributed by atoms with Gasteiger partial charge in [-0.3, -0.25) is 9.59 Å². The number of sulfone groups is 1. The number of hydrogen-bond acceptors (Lipinski definition) is 7. The molecular weight excluding hydrogens is 436 g/mol. The number of aromatic nitrogens is 1. The summed E-state index contributed by atoms with van der Waals surface area (Å²) in [6.07, 6.45) is 1.06. The number of ketones is 1. The van der Waals surface area contributed by atoms with Gasteiger partial charge in [0.15, 0.2) is 20.8 Å². The molecule has 0 aliphatic rings. The van der Waals surface area contributed by atoms with Crippen molar-refractivity contribution in [3.8, 4) is 5.75 Å². The summed E-state index contributed by atoms with van der Waals surface area (Å²) in [4.78, 5) is 29.1. The second-order valence-electron chi connectivity index (χ2n) is 6.24. The monoisotopic (exact) mass is 452 g/mol. The molecule has 0 saturated heterocycles. The van der Waals surface area contributed by atoms with E-state index in [1.165, 1.54) is 25.3 Å². The van der Waals surface area contributed by atoms with Gasteiger partial charge in [-0.05, 0) is 36.4 Å². The zero-order chi connectivity index (χ0) is 21.2. The Morgan fingerprint density at radius 1 is 1.17 bits per heavy atom. The Balaban J connectivity index is 1.66. The molecule has 0 bridgehead atoms. The number of rotatable bonds is 7. The first-order chi connectivity index (χ1) is 13.7. The van der Waals surface area contributed by atoms with Crippen LogP contribution in [0.5, 0.6) is 5.75 Å². The van der Waals surface area contributed by atoms with Crippen molar-refractivity contribution in [1.29, 1.82) is 0 Å². The number of nitrogens with one attached hydrogen (secondary N) is 1. The summed E-state index contributed by atoms with van der Waals surface area (Å²) < 4.78 is 29.1. The molecule has 1 amide bonds. The van der Waals surface area contributed by atoms with E-state index in [2.05, 4.69) is 10.3 Å². The second-order valence-corrected chi connectivity index (χ2v) is 9.72. The number of fused-ring (bicyclic) bond motifs is 1. The Labute approximate surface area is 176 Å². The summed E-state index contributed by atoms with van der Waals surface area (Å²) in [7, 11) is -1.87. The van der Waals surface area contributed by atoms with Crippen molar-refractivity contribution in [1.82, 2.24) is 4.98 Å². The SMILES string of the molecule is COc1ccc(Cl)cc1C(=O)CCC(=O)Nc1nc2ccc(S(C)(=O)=O)cc2s1. The molecule has 0 saturated carbocycles. The van der Waals surface area contributed by atoms with Crippen molar-refractivity contribution in [2.45, 2.75) is 17.7 Å². The van der Waals surface area contributed by atoms with E-state index in [1.54, 1.807) is 18.2 Å². The van der Waals surface area contributed by atoms with Gasteiger partial charge in [0.05, 0.1) is 27.8 Å². The summed E-state index contributed by atoms with van der Waals surface area (Å²) in [5.74, 6) is -0.240.